The van der Waals surface area contributed by atoms with Crippen molar-refractivity contribution in [2.24, 2.45) is 5.92 Å². The van der Waals surface area contributed by atoms with Crippen molar-refractivity contribution in [3.8, 4) is 11.3 Å². The molecule has 1 aromatic heterocycles. The van der Waals surface area contributed by atoms with Crippen LogP contribution in [0.5, 0.6) is 0 Å². The van der Waals surface area contributed by atoms with Crippen molar-refractivity contribution < 1.29 is 22.4 Å². The van der Waals surface area contributed by atoms with Crippen molar-refractivity contribution in [3.63, 3.8) is 0 Å². The lowest BCUT2D eigenvalue weighted by molar-refractivity contribution is -0.184. The summed E-state index contributed by atoms with van der Waals surface area (Å²) in [5.41, 5.74) is 1.11. The maximum atomic E-state index is 13.2. The summed E-state index contributed by atoms with van der Waals surface area (Å²) in [6.07, 6.45) is -3.44. The Hall–Kier alpha value is -2.16. The van der Waals surface area contributed by atoms with Crippen LogP contribution in [0, 0.1) is 18.7 Å². The zero-order valence-corrected chi connectivity index (χ0v) is 16.0. The first-order chi connectivity index (χ1) is 13.1. The van der Waals surface area contributed by atoms with Crippen LogP contribution in [0.25, 0.3) is 11.3 Å². The van der Waals surface area contributed by atoms with E-state index in [2.05, 4.69) is 5.32 Å². The number of aryl methyl sites for hydroxylation is 1. The molecule has 2 atom stereocenters. The van der Waals surface area contributed by atoms with Crippen molar-refractivity contribution in [1.82, 2.24) is 9.88 Å². The molecule has 1 aliphatic rings. The van der Waals surface area contributed by atoms with Gasteiger partial charge < -0.3 is 5.32 Å². The molecule has 0 radical (unpaired) electrons. The Bertz CT molecular complexity index is 902. The summed E-state index contributed by atoms with van der Waals surface area (Å²) in [5.74, 6) is -2.33. The summed E-state index contributed by atoms with van der Waals surface area (Å²) in [7, 11) is 0. The first kappa shape index (κ1) is 20.6. The van der Waals surface area contributed by atoms with E-state index in [0.717, 1.165) is 11.3 Å². The van der Waals surface area contributed by atoms with Gasteiger partial charge >= 0.3 is 11.0 Å². The quantitative estimate of drug-likeness (QED) is 0.758. The number of hydrogen-bond donors (Lipinski definition) is 1. The van der Waals surface area contributed by atoms with Crippen LogP contribution < -0.4 is 10.2 Å². The van der Waals surface area contributed by atoms with E-state index in [1.807, 2.05) is 0 Å². The molecule has 1 fully saturated rings. The van der Waals surface area contributed by atoms with Gasteiger partial charge in [-0.25, -0.2) is 4.39 Å². The van der Waals surface area contributed by atoms with E-state index in [4.69, 9.17) is 0 Å². The smallest absolute Gasteiger partial charge is 0.352 e. The van der Waals surface area contributed by atoms with Gasteiger partial charge in [0.1, 0.15) is 12.4 Å². The van der Waals surface area contributed by atoms with E-state index in [1.54, 1.807) is 6.92 Å². The number of carbonyl (C=O) groups excluding carboxylic acids is 1. The lowest BCUT2D eigenvalue weighted by atomic mass is 9.85. The molecule has 0 bridgehead atoms. The van der Waals surface area contributed by atoms with Crippen LogP contribution in [0.15, 0.2) is 29.1 Å². The number of carbonyl (C=O) groups is 1. The molecule has 0 aliphatic heterocycles. The molecule has 1 N–H and O–H groups in total. The van der Waals surface area contributed by atoms with E-state index in [-0.39, 0.29) is 24.3 Å². The van der Waals surface area contributed by atoms with Crippen LogP contribution in [0.1, 0.15) is 30.6 Å². The highest BCUT2D eigenvalue weighted by Crippen LogP contribution is 2.37. The minimum Gasteiger partial charge on any atom is -0.352 e. The molecular weight excluding hydrogens is 396 g/mol. The number of aromatic nitrogens is 1. The van der Waals surface area contributed by atoms with Gasteiger partial charge in [-0.3, -0.25) is 14.2 Å². The van der Waals surface area contributed by atoms with Crippen LogP contribution in [-0.4, -0.2) is 22.7 Å². The highest BCUT2D eigenvalue weighted by molar-refractivity contribution is 7.09. The number of amides is 1. The Balaban J connectivity index is 1.74. The Morgan fingerprint density at radius 2 is 1.93 bits per heavy atom. The molecule has 4 nitrogen and oxygen atoms in total. The molecule has 28 heavy (non-hydrogen) atoms. The third kappa shape index (κ3) is 4.63. The third-order valence-electron chi connectivity index (χ3n) is 4.99. The Labute approximate surface area is 163 Å². The minimum absolute atomic E-state index is 0.0772. The average molecular weight is 416 g/mol. The van der Waals surface area contributed by atoms with Crippen molar-refractivity contribution >= 4 is 17.2 Å². The standard InChI is InChI=1S/C19H20F4N2O2S/c1-11-17(12-5-7-14(20)8-6-12)25(18(27)28-11)10-16(26)24-15-4-2-3-13(9-15)19(21,22)23/h5-8,13,15H,2-4,9-10H2,1H3,(H,24,26)/t13-,15+/m0/s1. The van der Waals surface area contributed by atoms with E-state index in [1.165, 1.54) is 28.8 Å². The van der Waals surface area contributed by atoms with E-state index in [9.17, 15) is 27.2 Å². The number of nitrogens with one attached hydrogen (secondary N) is 1. The number of nitrogens with zero attached hydrogens (tertiary/aromatic N) is 1. The maximum Gasteiger partial charge on any atom is 0.391 e. The summed E-state index contributed by atoms with van der Waals surface area (Å²) in [6.45, 7) is 1.44. The van der Waals surface area contributed by atoms with Crippen molar-refractivity contribution in [1.29, 1.82) is 0 Å². The van der Waals surface area contributed by atoms with Crippen LogP contribution >= 0.6 is 11.3 Å². The van der Waals surface area contributed by atoms with Crippen LogP contribution in [0.2, 0.25) is 0 Å². The number of alkyl halides is 3. The molecule has 1 aromatic carbocycles. The van der Waals surface area contributed by atoms with E-state index in [0.29, 0.717) is 29.0 Å². The van der Waals surface area contributed by atoms with Crippen LogP contribution in [0.3, 0.4) is 0 Å². The van der Waals surface area contributed by atoms with Crippen LogP contribution in [0.4, 0.5) is 17.6 Å². The molecule has 0 spiro atoms. The zero-order valence-electron chi connectivity index (χ0n) is 15.2. The Morgan fingerprint density at radius 1 is 1.25 bits per heavy atom. The number of halogens is 4. The molecule has 1 aliphatic carbocycles. The second-order valence-corrected chi connectivity index (χ2v) is 8.20. The first-order valence-electron chi connectivity index (χ1n) is 8.97. The van der Waals surface area contributed by atoms with Gasteiger partial charge in [0.05, 0.1) is 11.6 Å². The first-order valence-corrected chi connectivity index (χ1v) is 9.79. The molecule has 3 rings (SSSR count). The largest absolute Gasteiger partial charge is 0.391 e. The van der Waals surface area contributed by atoms with Gasteiger partial charge in [0, 0.05) is 10.9 Å². The Morgan fingerprint density at radius 3 is 2.57 bits per heavy atom. The second kappa shape index (κ2) is 8.06. The molecule has 1 amide bonds. The summed E-state index contributed by atoms with van der Waals surface area (Å²) < 4.78 is 53.3. The highest BCUT2D eigenvalue weighted by atomic mass is 32.1. The van der Waals surface area contributed by atoms with Gasteiger partial charge in [0.2, 0.25) is 5.91 Å². The van der Waals surface area contributed by atoms with Crippen LogP contribution in [-0.2, 0) is 11.3 Å². The normalized spacial score (nSPS) is 20.2. The van der Waals surface area contributed by atoms with Crippen molar-refractivity contribution in [2.45, 2.75) is 51.4 Å². The monoisotopic (exact) mass is 416 g/mol. The summed E-state index contributed by atoms with van der Waals surface area (Å²) in [6, 6.07) is 5.01. The molecule has 1 saturated carbocycles. The van der Waals surface area contributed by atoms with Gasteiger partial charge in [-0.1, -0.05) is 17.8 Å². The Kier molecular flexibility index (Phi) is 5.92. The van der Waals surface area contributed by atoms with Gasteiger partial charge in [-0.15, -0.1) is 0 Å². The predicted molar refractivity (Wildman–Crippen MR) is 98.7 cm³/mol. The lowest BCUT2D eigenvalue weighted by Gasteiger charge is -2.31. The van der Waals surface area contributed by atoms with Crippen molar-refractivity contribution in [3.05, 3.63) is 44.6 Å². The number of hydrogen-bond acceptors (Lipinski definition) is 3. The van der Waals surface area contributed by atoms with E-state index < -0.39 is 29.9 Å². The summed E-state index contributed by atoms with van der Waals surface area (Å²) in [4.78, 5) is 25.1. The highest BCUT2D eigenvalue weighted by Gasteiger charge is 2.42. The molecule has 1 heterocycles. The number of thiazole rings is 1. The second-order valence-electron chi connectivity index (χ2n) is 7.04. The van der Waals surface area contributed by atoms with Crippen molar-refractivity contribution in [2.75, 3.05) is 0 Å². The molecular formula is C19H20F4N2O2S. The molecule has 9 heteroatoms. The average Bonchev–Trinajstić information content (AvgIpc) is 2.88. The number of rotatable bonds is 4. The van der Waals surface area contributed by atoms with Gasteiger partial charge in [0.15, 0.2) is 0 Å². The topological polar surface area (TPSA) is 51.1 Å². The minimum atomic E-state index is -4.26. The van der Waals surface area contributed by atoms with E-state index >= 15 is 0 Å². The fraction of sp³-hybridized carbons (Fsp3) is 0.474. The lowest BCUT2D eigenvalue weighted by Crippen LogP contribution is -2.43. The van der Waals surface area contributed by atoms with Gasteiger partial charge in [-0.05, 0) is 56.0 Å². The predicted octanol–water partition coefficient (Wildman–Crippen LogP) is 4.26. The molecule has 2 aromatic rings. The maximum absolute atomic E-state index is 13.2. The summed E-state index contributed by atoms with van der Waals surface area (Å²) >= 11 is 0.972. The van der Waals surface area contributed by atoms with Gasteiger partial charge in [0.25, 0.3) is 0 Å². The fourth-order valence-electron chi connectivity index (χ4n) is 3.66. The SMILES string of the molecule is Cc1sc(=O)n(CC(=O)N[C@@H]2CCC[C@H](C(F)(F)F)C2)c1-c1ccc(F)cc1. The fourth-order valence-corrected chi connectivity index (χ4v) is 4.51. The third-order valence-corrected chi connectivity index (χ3v) is 5.88. The zero-order chi connectivity index (χ0) is 20.5. The summed E-state index contributed by atoms with van der Waals surface area (Å²) in [5, 5.41) is 2.64. The molecule has 0 unspecified atom stereocenters. The van der Waals surface area contributed by atoms with Gasteiger partial charge in [-0.2, -0.15) is 13.2 Å². The molecule has 152 valence electrons. The molecule has 0 saturated heterocycles. The number of benzene rings is 1.